The maximum Gasteiger partial charge on any atom is 0.321 e. The number of nitrogens with one attached hydrogen (secondary N) is 2. The number of aromatic nitrogens is 1. The number of urea groups is 1. The van der Waals surface area contributed by atoms with E-state index in [4.69, 9.17) is 4.74 Å². The molecular formula is C20H25N3O3S. The van der Waals surface area contributed by atoms with Crippen molar-refractivity contribution in [2.45, 2.75) is 45.6 Å². The van der Waals surface area contributed by atoms with Crippen LogP contribution in [0.15, 0.2) is 29.6 Å². The Bertz CT molecular complexity index is 788. The molecule has 2 atom stereocenters. The molecule has 1 aliphatic rings. The number of hydrogen-bond donors (Lipinski definition) is 2. The molecule has 3 amide bonds. The van der Waals surface area contributed by atoms with E-state index in [0.29, 0.717) is 11.7 Å². The van der Waals surface area contributed by atoms with Crippen molar-refractivity contribution in [1.82, 2.24) is 15.6 Å². The van der Waals surface area contributed by atoms with E-state index in [2.05, 4.69) is 22.5 Å². The molecule has 0 radical (unpaired) electrons. The molecule has 0 bridgehead atoms. The first kappa shape index (κ1) is 19.4. The number of rotatable bonds is 5. The molecule has 1 aromatic carbocycles. The predicted octanol–water partition coefficient (Wildman–Crippen LogP) is 3.90. The lowest BCUT2D eigenvalue weighted by molar-refractivity contribution is -0.122. The first-order chi connectivity index (χ1) is 13.0. The molecule has 7 heteroatoms. The second-order valence-electron chi connectivity index (χ2n) is 7.00. The molecule has 1 heterocycles. The summed E-state index contributed by atoms with van der Waals surface area (Å²) in [6.45, 7) is 3.89. The van der Waals surface area contributed by atoms with Crippen LogP contribution in [0.3, 0.4) is 0 Å². The van der Waals surface area contributed by atoms with Gasteiger partial charge < -0.3 is 10.1 Å². The maximum atomic E-state index is 12.0. The Morgan fingerprint density at radius 2 is 1.96 bits per heavy atom. The van der Waals surface area contributed by atoms with Gasteiger partial charge in [-0.1, -0.05) is 19.8 Å². The second-order valence-corrected chi connectivity index (χ2v) is 7.86. The third-order valence-corrected chi connectivity index (χ3v) is 5.78. The van der Waals surface area contributed by atoms with Crippen LogP contribution in [0.2, 0.25) is 0 Å². The highest BCUT2D eigenvalue weighted by atomic mass is 32.1. The quantitative estimate of drug-likeness (QED) is 0.815. The number of hydrogen-bond acceptors (Lipinski definition) is 5. The Kier molecular flexibility index (Phi) is 6.45. The summed E-state index contributed by atoms with van der Waals surface area (Å²) >= 11 is 1.59. The summed E-state index contributed by atoms with van der Waals surface area (Å²) in [5.74, 6) is 0.551. The van der Waals surface area contributed by atoms with Gasteiger partial charge in [0.05, 0.1) is 0 Å². The monoisotopic (exact) mass is 387 g/mol. The lowest BCUT2D eigenvalue weighted by atomic mass is 9.86. The van der Waals surface area contributed by atoms with E-state index < -0.39 is 11.9 Å². The summed E-state index contributed by atoms with van der Waals surface area (Å²) in [6.07, 6.45) is 4.39. The highest BCUT2D eigenvalue weighted by molar-refractivity contribution is 7.13. The topological polar surface area (TPSA) is 80.3 Å². The number of carbonyl (C=O) groups excluding carboxylic acids is 2. The van der Waals surface area contributed by atoms with Crippen molar-refractivity contribution in [2.24, 2.45) is 5.92 Å². The average Bonchev–Trinajstić information content (AvgIpc) is 3.09. The molecule has 1 saturated carbocycles. The number of carbonyl (C=O) groups is 2. The zero-order valence-electron chi connectivity index (χ0n) is 15.7. The first-order valence-corrected chi connectivity index (χ1v) is 10.1. The smallest absolute Gasteiger partial charge is 0.321 e. The minimum absolute atomic E-state index is 0.134. The van der Waals surface area contributed by atoms with Crippen LogP contribution < -0.4 is 15.4 Å². The fourth-order valence-corrected chi connectivity index (χ4v) is 4.03. The highest BCUT2D eigenvalue weighted by Gasteiger charge is 2.23. The van der Waals surface area contributed by atoms with Gasteiger partial charge in [0.15, 0.2) is 6.61 Å². The molecule has 6 nitrogen and oxygen atoms in total. The Morgan fingerprint density at radius 1 is 1.22 bits per heavy atom. The summed E-state index contributed by atoms with van der Waals surface area (Å²) in [5.41, 5.74) is 2.00. The van der Waals surface area contributed by atoms with Crippen LogP contribution in [-0.4, -0.2) is 29.6 Å². The van der Waals surface area contributed by atoms with Gasteiger partial charge in [0, 0.05) is 22.7 Å². The molecule has 1 fully saturated rings. The van der Waals surface area contributed by atoms with Crippen molar-refractivity contribution in [3.8, 4) is 16.3 Å². The fourth-order valence-electron chi connectivity index (χ4n) is 3.23. The number of aryl methyl sites for hydroxylation is 1. The molecule has 144 valence electrons. The summed E-state index contributed by atoms with van der Waals surface area (Å²) in [5, 5.41) is 8.18. The highest BCUT2D eigenvalue weighted by Crippen LogP contribution is 2.25. The lowest BCUT2D eigenvalue weighted by Crippen LogP contribution is -2.48. The maximum absolute atomic E-state index is 12.0. The Labute approximate surface area is 163 Å². The van der Waals surface area contributed by atoms with Crippen LogP contribution in [0.1, 0.15) is 38.3 Å². The van der Waals surface area contributed by atoms with Crippen LogP contribution in [0, 0.1) is 12.8 Å². The van der Waals surface area contributed by atoms with E-state index in [0.717, 1.165) is 35.5 Å². The van der Waals surface area contributed by atoms with Gasteiger partial charge >= 0.3 is 6.03 Å². The van der Waals surface area contributed by atoms with Crippen molar-refractivity contribution < 1.29 is 14.3 Å². The van der Waals surface area contributed by atoms with Crippen LogP contribution in [0.5, 0.6) is 5.75 Å². The van der Waals surface area contributed by atoms with Crippen molar-refractivity contribution in [1.29, 1.82) is 0 Å². The van der Waals surface area contributed by atoms with Crippen LogP contribution >= 0.6 is 11.3 Å². The number of thiazole rings is 1. The van der Waals surface area contributed by atoms with Crippen molar-refractivity contribution in [3.63, 3.8) is 0 Å². The minimum atomic E-state index is -0.462. The molecule has 3 rings (SSSR count). The van der Waals surface area contributed by atoms with Crippen molar-refractivity contribution in [2.75, 3.05) is 6.61 Å². The molecule has 1 aliphatic carbocycles. The largest absolute Gasteiger partial charge is 0.484 e. The fraction of sp³-hybridized carbons (Fsp3) is 0.450. The van der Waals surface area contributed by atoms with Crippen LogP contribution in [-0.2, 0) is 4.79 Å². The zero-order chi connectivity index (χ0) is 19.2. The van der Waals surface area contributed by atoms with Crippen LogP contribution in [0.25, 0.3) is 10.6 Å². The van der Waals surface area contributed by atoms with Gasteiger partial charge in [0.25, 0.3) is 5.91 Å². The SMILES string of the molecule is Cc1csc(-c2ccc(OCC(=O)NC(=O)N[C@H]3CCCC[C@H]3C)cc2)n1. The molecule has 0 unspecified atom stereocenters. The Balaban J connectivity index is 1.44. The van der Waals surface area contributed by atoms with E-state index in [1.807, 2.05) is 24.4 Å². The zero-order valence-corrected chi connectivity index (χ0v) is 16.5. The number of amides is 3. The van der Waals surface area contributed by atoms with Gasteiger partial charge in [-0.3, -0.25) is 10.1 Å². The molecule has 0 saturated heterocycles. The molecule has 0 aliphatic heterocycles. The third-order valence-electron chi connectivity index (χ3n) is 4.77. The number of ether oxygens (including phenoxy) is 1. The molecule has 2 N–H and O–H groups in total. The van der Waals surface area contributed by atoms with Crippen molar-refractivity contribution in [3.05, 3.63) is 35.3 Å². The summed E-state index contributed by atoms with van der Waals surface area (Å²) in [4.78, 5) is 28.4. The average molecular weight is 388 g/mol. The third kappa shape index (κ3) is 5.53. The minimum Gasteiger partial charge on any atom is -0.484 e. The Hall–Kier alpha value is -2.41. The summed E-state index contributed by atoms with van der Waals surface area (Å²) in [7, 11) is 0. The van der Waals surface area contributed by atoms with Gasteiger partial charge in [-0.15, -0.1) is 11.3 Å². The summed E-state index contributed by atoms with van der Waals surface area (Å²) < 4.78 is 5.47. The molecule has 1 aromatic heterocycles. The van der Waals surface area contributed by atoms with Gasteiger partial charge in [-0.2, -0.15) is 0 Å². The number of nitrogens with zero attached hydrogens (tertiary/aromatic N) is 1. The Morgan fingerprint density at radius 3 is 2.63 bits per heavy atom. The van der Waals surface area contributed by atoms with Gasteiger partial charge in [-0.05, 0) is 49.9 Å². The van der Waals surface area contributed by atoms with Gasteiger partial charge in [0.1, 0.15) is 10.8 Å². The summed E-state index contributed by atoms with van der Waals surface area (Å²) in [6, 6.07) is 7.09. The molecular weight excluding hydrogens is 362 g/mol. The van der Waals surface area contributed by atoms with E-state index in [1.54, 1.807) is 23.5 Å². The number of benzene rings is 1. The molecule has 27 heavy (non-hydrogen) atoms. The predicted molar refractivity (Wildman–Crippen MR) is 106 cm³/mol. The van der Waals surface area contributed by atoms with E-state index in [1.165, 1.54) is 6.42 Å². The van der Waals surface area contributed by atoms with E-state index in [9.17, 15) is 9.59 Å². The van der Waals surface area contributed by atoms with Crippen LogP contribution in [0.4, 0.5) is 4.79 Å². The van der Waals surface area contributed by atoms with E-state index in [-0.39, 0.29) is 12.6 Å². The number of imide groups is 1. The van der Waals surface area contributed by atoms with Gasteiger partial charge in [-0.25, -0.2) is 9.78 Å². The second kappa shape index (κ2) is 8.99. The van der Waals surface area contributed by atoms with E-state index >= 15 is 0 Å². The normalized spacial score (nSPS) is 19.3. The molecule has 2 aromatic rings. The lowest BCUT2D eigenvalue weighted by Gasteiger charge is -2.29. The standard InChI is InChI=1S/C20H25N3O3S/c1-13-5-3-4-6-17(13)22-20(25)23-18(24)11-26-16-9-7-15(8-10-16)19-21-14(2)12-27-19/h7-10,12-13,17H,3-6,11H2,1-2H3,(H2,22,23,24,25)/t13-,17+/m1/s1. The first-order valence-electron chi connectivity index (χ1n) is 9.27. The van der Waals surface area contributed by atoms with Gasteiger partial charge in [0.2, 0.25) is 0 Å². The molecule has 0 spiro atoms. The van der Waals surface area contributed by atoms with Crippen molar-refractivity contribution >= 4 is 23.3 Å².